The van der Waals surface area contributed by atoms with Crippen LogP contribution < -0.4 is 0 Å². The predicted molar refractivity (Wildman–Crippen MR) is 182 cm³/mol. The molecule has 0 aliphatic carbocycles. The topological polar surface area (TPSA) is 9.86 Å². The number of aryl methyl sites for hydroxylation is 2. The number of rotatable bonds is 2. The van der Waals surface area contributed by atoms with Gasteiger partial charge in [-0.3, -0.25) is 0 Å². The molecule has 0 unspecified atom stereocenters. The molecule has 0 bridgehead atoms. The van der Waals surface area contributed by atoms with Gasteiger partial charge in [-0.2, -0.15) is 0 Å². The van der Waals surface area contributed by atoms with E-state index in [-0.39, 0.29) is 5.41 Å². The van der Waals surface area contributed by atoms with E-state index in [9.17, 15) is 0 Å². The molecule has 2 heteroatoms. The lowest BCUT2D eigenvalue weighted by molar-refractivity contribution is 0.630. The van der Waals surface area contributed by atoms with Crippen molar-refractivity contribution in [3.05, 3.63) is 144 Å². The van der Waals surface area contributed by atoms with Gasteiger partial charge in [-0.1, -0.05) is 91.7 Å². The van der Waals surface area contributed by atoms with Crippen LogP contribution in [0.5, 0.6) is 0 Å². The summed E-state index contributed by atoms with van der Waals surface area (Å²) in [7, 11) is 0. The van der Waals surface area contributed by atoms with E-state index in [1.165, 1.54) is 88.4 Å². The molecular weight excluding hydrogens is 520 g/mol. The van der Waals surface area contributed by atoms with Crippen LogP contribution in [0, 0.1) is 13.8 Å². The number of nitrogens with zero attached hydrogens (tertiary/aromatic N) is 2. The third kappa shape index (κ3) is 3.29. The first-order chi connectivity index (χ1) is 20.9. The smallest absolute Gasteiger partial charge is 0.0582 e. The molecule has 0 spiro atoms. The fourth-order valence-corrected chi connectivity index (χ4v) is 7.69. The van der Waals surface area contributed by atoms with Crippen LogP contribution in [0.3, 0.4) is 0 Å². The first-order valence-corrected chi connectivity index (χ1v) is 15.2. The number of fused-ring (bicyclic) bond motifs is 8. The summed E-state index contributed by atoms with van der Waals surface area (Å²) in [5.74, 6) is 0. The van der Waals surface area contributed by atoms with E-state index < -0.39 is 0 Å². The minimum absolute atomic E-state index is 0.141. The van der Waals surface area contributed by atoms with Crippen molar-refractivity contribution in [1.29, 1.82) is 0 Å². The normalized spacial score (nSPS) is 13.8. The highest BCUT2D eigenvalue weighted by molar-refractivity contribution is 6.12. The maximum Gasteiger partial charge on any atom is 0.0582 e. The van der Waals surface area contributed by atoms with Crippen molar-refractivity contribution in [2.75, 3.05) is 0 Å². The molecular formula is C41H32N2. The van der Waals surface area contributed by atoms with Gasteiger partial charge in [0.25, 0.3) is 0 Å². The van der Waals surface area contributed by atoms with Gasteiger partial charge in [-0.05, 0) is 90.7 Å². The maximum absolute atomic E-state index is 2.51. The molecule has 2 nitrogen and oxygen atoms in total. The lowest BCUT2D eigenvalue weighted by Gasteiger charge is -2.35. The molecule has 3 heterocycles. The zero-order valence-corrected chi connectivity index (χ0v) is 24.9. The average molecular weight is 553 g/mol. The van der Waals surface area contributed by atoms with Gasteiger partial charge in [-0.15, -0.1) is 0 Å². The fourth-order valence-electron chi connectivity index (χ4n) is 7.69. The highest BCUT2D eigenvalue weighted by Crippen LogP contribution is 2.49. The summed E-state index contributed by atoms with van der Waals surface area (Å²) in [5.41, 5.74) is 15.3. The Bertz CT molecular complexity index is 2430. The van der Waals surface area contributed by atoms with Gasteiger partial charge in [0.15, 0.2) is 0 Å². The molecule has 8 aromatic rings. The van der Waals surface area contributed by atoms with Crippen molar-refractivity contribution in [2.24, 2.45) is 0 Å². The fraction of sp³-hybridized carbons (Fsp3) is 0.122. The van der Waals surface area contributed by atoms with Crippen molar-refractivity contribution in [3.8, 4) is 22.5 Å². The van der Waals surface area contributed by atoms with Crippen LogP contribution in [0.25, 0.3) is 66.1 Å². The molecule has 43 heavy (non-hydrogen) atoms. The van der Waals surface area contributed by atoms with Gasteiger partial charge in [-0.25, -0.2) is 0 Å². The summed E-state index contributed by atoms with van der Waals surface area (Å²) in [5, 5.41) is 5.26. The zero-order valence-electron chi connectivity index (χ0n) is 24.9. The number of aromatic nitrogens is 2. The SMILES string of the molecule is Cc1ccc2c(c1)c1cc(C)cc3c1n2-c1ccc(-c2ccc4c5ccccc5n(-c5ccccc5)c4c2)cc1C3(C)C. The van der Waals surface area contributed by atoms with E-state index in [4.69, 9.17) is 0 Å². The Morgan fingerprint density at radius 3 is 2.02 bits per heavy atom. The third-order valence-electron chi connectivity index (χ3n) is 9.77. The van der Waals surface area contributed by atoms with Crippen molar-refractivity contribution >= 4 is 43.6 Å². The third-order valence-corrected chi connectivity index (χ3v) is 9.77. The van der Waals surface area contributed by atoms with Gasteiger partial charge in [0.1, 0.15) is 0 Å². The second-order valence-electron chi connectivity index (χ2n) is 12.8. The van der Waals surface area contributed by atoms with Crippen LogP contribution in [0.15, 0.2) is 121 Å². The average Bonchev–Trinajstić information content (AvgIpc) is 3.52. The Kier molecular flexibility index (Phi) is 4.84. The molecule has 0 N–H and O–H groups in total. The summed E-state index contributed by atoms with van der Waals surface area (Å²) < 4.78 is 4.92. The van der Waals surface area contributed by atoms with Crippen molar-refractivity contribution in [1.82, 2.24) is 9.13 Å². The molecule has 1 aliphatic rings. The van der Waals surface area contributed by atoms with Crippen LogP contribution in [0.2, 0.25) is 0 Å². The Morgan fingerprint density at radius 2 is 1.16 bits per heavy atom. The molecule has 6 aromatic carbocycles. The van der Waals surface area contributed by atoms with Gasteiger partial charge >= 0.3 is 0 Å². The summed E-state index contributed by atoms with van der Waals surface area (Å²) in [6.45, 7) is 9.22. The lowest BCUT2D eigenvalue weighted by Crippen LogP contribution is -2.26. The van der Waals surface area contributed by atoms with E-state index in [1.54, 1.807) is 0 Å². The summed E-state index contributed by atoms with van der Waals surface area (Å²) in [6.07, 6.45) is 0. The molecule has 9 rings (SSSR count). The summed E-state index contributed by atoms with van der Waals surface area (Å²) >= 11 is 0. The molecule has 0 saturated carbocycles. The summed E-state index contributed by atoms with van der Waals surface area (Å²) in [6, 6.07) is 45.2. The molecule has 0 atom stereocenters. The highest BCUT2D eigenvalue weighted by Gasteiger charge is 2.35. The zero-order chi connectivity index (χ0) is 29.0. The van der Waals surface area contributed by atoms with E-state index in [0.29, 0.717) is 0 Å². The number of hydrogen-bond donors (Lipinski definition) is 0. The van der Waals surface area contributed by atoms with Crippen molar-refractivity contribution in [3.63, 3.8) is 0 Å². The highest BCUT2D eigenvalue weighted by atomic mass is 15.0. The predicted octanol–water partition coefficient (Wildman–Crippen LogP) is 10.8. The number of benzene rings is 6. The lowest BCUT2D eigenvalue weighted by atomic mass is 9.73. The van der Waals surface area contributed by atoms with E-state index in [2.05, 4.69) is 158 Å². The quantitative estimate of drug-likeness (QED) is 0.202. The minimum atomic E-state index is -0.141. The van der Waals surface area contributed by atoms with Gasteiger partial charge in [0.2, 0.25) is 0 Å². The summed E-state index contributed by atoms with van der Waals surface area (Å²) in [4.78, 5) is 0. The molecule has 1 aliphatic heterocycles. The van der Waals surface area contributed by atoms with E-state index >= 15 is 0 Å². The Morgan fingerprint density at radius 1 is 0.465 bits per heavy atom. The van der Waals surface area contributed by atoms with Gasteiger partial charge < -0.3 is 9.13 Å². The van der Waals surface area contributed by atoms with E-state index in [1.807, 2.05) is 0 Å². The molecule has 0 saturated heterocycles. The first kappa shape index (κ1) is 24.5. The molecule has 206 valence electrons. The van der Waals surface area contributed by atoms with Gasteiger partial charge in [0, 0.05) is 32.6 Å². The van der Waals surface area contributed by atoms with Crippen molar-refractivity contribution < 1.29 is 0 Å². The maximum atomic E-state index is 2.51. The second-order valence-corrected chi connectivity index (χ2v) is 12.8. The Balaban J connectivity index is 1.31. The Hall–Kier alpha value is -5.08. The second kappa shape index (κ2) is 8.49. The van der Waals surface area contributed by atoms with Crippen molar-refractivity contribution in [2.45, 2.75) is 33.1 Å². The number of hydrogen-bond acceptors (Lipinski definition) is 0. The molecule has 0 fully saturated rings. The molecule has 0 radical (unpaired) electrons. The minimum Gasteiger partial charge on any atom is -0.309 e. The standard InChI is InChI=1S/C41H32N2/c1-25-14-18-37-32(20-25)33-21-26(2)22-35-40(33)43(37)38-19-16-27(23-34(38)41(35,3)4)28-15-17-31-30-12-8-9-13-36(30)42(39(31)24-28)29-10-6-5-7-11-29/h5-24H,1-4H3. The van der Waals surface area contributed by atoms with Crippen LogP contribution in [-0.4, -0.2) is 9.13 Å². The van der Waals surface area contributed by atoms with E-state index in [0.717, 1.165) is 0 Å². The van der Waals surface area contributed by atoms with Crippen LogP contribution in [-0.2, 0) is 5.41 Å². The monoisotopic (exact) mass is 552 g/mol. The first-order valence-electron chi connectivity index (χ1n) is 15.2. The van der Waals surface area contributed by atoms with Gasteiger partial charge in [0.05, 0.1) is 27.8 Å². The van der Waals surface area contributed by atoms with Crippen LogP contribution >= 0.6 is 0 Å². The number of para-hydroxylation sites is 2. The van der Waals surface area contributed by atoms with Crippen LogP contribution in [0.1, 0.15) is 36.1 Å². The molecule has 2 aromatic heterocycles. The Labute approximate surface area is 251 Å². The molecule has 0 amide bonds. The largest absolute Gasteiger partial charge is 0.309 e. The van der Waals surface area contributed by atoms with Crippen LogP contribution in [0.4, 0.5) is 0 Å².